The van der Waals surface area contributed by atoms with Gasteiger partial charge >= 0.3 is 0 Å². The maximum Gasteiger partial charge on any atom is 0.255 e. The molecular formula is C11H13NO3. The fourth-order valence-corrected chi connectivity index (χ4v) is 1.71. The summed E-state index contributed by atoms with van der Waals surface area (Å²) >= 11 is 0. The Balaban J connectivity index is 2.71. The van der Waals surface area contributed by atoms with Gasteiger partial charge in [-0.25, -0.2) is 0 Å². The zero-order chi connectivity index (χ0) is 11.4. The Morgan fingerprint density at radius 3 is 2.73 bits per heavy atom. The van der Waals surface area contributed by atoms with Crippen LogP contribution in [0.1, 0.15) is 6.42 Å². The number of aliphatic hydroxyl groups is 1. The van der Waals surface area contributed by atoms with Gasteiger partial charge in [0.2, 0.25) is 0 Å². The molecule has 1 heterocycles. The van der Waals surface area contributed by atoms with Crippen molar-refractivity contribution in [2.75, 3.05) is 13.7 Å². The minimum absolute atomic E-state index is 0.172. The molecule has 15 heavy (non-hydrogen) atoms. The highest BCUT2D eigenvalue weighted by Crippen LogP contribution is 2.26. The first-order valence-corrected chi connectivity index (χ1v) is 4.55. The maximum absolute atomic E-state index is 11.4. The highest BCUT2D eigenvalue weighted by Gasteiger charge is 2.50. The highest BCUT2D eigenvalue weighted by atomic mass is 16.5. The number of methoxy groups -OCH3 is 1. The molecule has 1 aliphatic rings. The molecule has 0 aliphatic carbocycles. The first-order valence-electron chi connectivity index (χ1n) is 4.55. The van der Waals surface area contributed by atoms with E-state index in [0.717, 1.165) is 0 Å². The molecule has 0 aromatic rings. The van der Waals surface area contributed by atoms with Crippen LogP contribution < -0.4 is 0 Å². The van der Waals surface area contributed by atoms with Gasteiger partial charge in [-0.15, -0.1) is 18.8 Å². The molecule has 4 nitrogen and oxygen atoms in total. The number of terminal acetylenes is 2. The third kappa shape index (κ3) is 1.97. The number of β-lactam (4-membered cyclic amide) rings is 1. The van der Waals surface area contributed by atoms with E-state index < -0.39 is 18.2 Å². The summed E-state index contributed by atoms with van der Waals surface area (Å²) in [6.07, 6.45) is 8.98. The largest absolute Gasteiger partial charge is 0.390 e. The van der Waals surface area contributed by atoms with Gasteiger partial charge in [0, 0.05) is 13.5 Å². The Labute approximate surface area is 89.2 Å². The zero-order valence-corrected chi connectivity index (χ0v) is 8.51. The number of rotatable bonds is 4. The maximum atomic E-state index is 11.4. The van der Waals surface area contributed by atoms with Crippen molar-refractivity contribution in [1.82, 2.24) is 4.90 Å². The summed E-state index contributed by atoms with van der Waals surface area (Å²) in [5.74, 6) is 4.50. The average molecular weight is 207 g/mol. The highest BCUT2D eigenvalue weighted by molar-refractivity contribution is 5.89. The van der Waals surface area contributed by atoms with Crippen molar-refractivity contribution in [3.8, 4) is 24.7 Å². The van der Waals surface area contributed by atoms with Crippen LogP contribution in [-0.2, 0) is 9.53 Å². The number of amides is 1. The lowest BCUT2D eigenvalue weighted by molar-refractivity contribution is -0.178. The Morgan fingerprint density at radius 2 is 2.27 bits per heavy atom. The molecule has 4 heteroatoms. The minimum Gasteiger partial charge on any atom is -0.390 e. The smallest absolute Gasteiger partial charge is 0.255 e. The van der Waals surface area contributed by atoms with Crippen LogP contribution in [0.3, 0.4) is 0 Å². The van der Waals surface area contributed by atoms with Gasteiger partial charge in [-0.2, -0.15) is 0 Å². The fraction of sp³-hybridized carbons (Fsp3) is 0.545. The van der Waals surface area contributed by atoms with E-state index >= 15 is 0 Å². The third-order valence-electron chi connectivity index (χ3n) is 2.43. The van der Waals surface area contributed by atoms with E-state index in [-0.39, 0.29) is 18.9 Å². The third-order valence-corrected chi connectivity index (χ3v) is 2.43. The van der Waals surface area contributed by atoms with Crippen LogP contribution in [0.4, 0.5) is 0 Å². The number of carbonyl (C=O) groups excluding carboxylic acids is 1. The van der Waals surface area contributed by atoms with Crippen LogP contribution in [0.2, 0.25) is 0 Å². The Kier molecular flexibility index (Phi) is 3.74. The van der Waals surface area contributed by atoms with Gasteiger partial charge in [0.15, 0.2) is 6.10 Å². The van der Waals surface area contributed by atoms with Gasteiger partial charge in [0.05, 0.1) is 18.7 Å². The molecule has 0 aromatic carbocycles. The van der Waals surface area contributed by atoms with Crippen LogP contribution >= 0.6 is 0 Å². The fourth-order valence-electron chi connectivity index (χ4n) is 1.71. The molecular weight excluding hydrogens is 194 g/mol. The Hall–Kier alpha value is -1.49. The molecule has 1 saturated heterocycles. The van der Waals surface area contributed by atoms with Gasteiger partial charge in [-0.05, 0) is 0 Å². The number of likely N-dealkylation sites (tertiary alicyclic amines) is 1. The van der Waals surface area contributed by atoms with Crippen LogP contribution in [-0.4, -0.2) is 47.8 Å². The molecule has 1 N–H and O–H groups in total. The molecule has 0 saturated carbocycles. The van der Waals surface area contributed by atoms with Gasteiger partial charge in [-0.3, -0.25) is 4.79 Å². The lowest BCUT2D eigenvalue weighted by Crippen LogP contribution is -2.69. The number of hydrogen-bond acceptors (Lipinski definition) is 3. The van der Waals surface area contributed by atoms with Crippen LogP contribution in [0.5, 0.6) is 0 Å². The predicted molar refractivity (Wildman–Crippen MR) is 54.6 cm³/mol. The normalized spacial score (nSPS) is 26.4. The van der Waals surface area contributed by atoms with Crippen molar-refractivity contribution in [3.05, 3.63) is 0 Å². The van der Waals surface area contributed by atoms with Crippen molar-refractivity contribution in [1.29, 1.82) is 0 Å². The van der Waals surface area contributed by atoms with Crippen LogP contribution in [0.25, 0.3) is 0 Å². The van der Waals surface area contributed by atoms with Gasteiger partial charge in [-0.1, -0.05) is 5.92 Å². The SMILES string of the molecule is C#CC[C@H](O)[C@H]1[C@@H](OC)C(=O)N1CC#C. The second-order valence-corrected chi connectivity index (χ2v) is 3.29. The van der Waals surface area contributed by atoms with Crippen molar-refractivity contribution in [3.63, 3.8) is 0 Å². The van der Waals surface area contributed by atoms with Gasteiger partial charge < -0.3 is 14.7 Å². The number of ether oxygens (including phenoxy) is 1. The molecule has 1 aliphatic heterocycles. The Morgan fingerprint density at radius 1 is 1.60 bits per heavy atom. The summed E-state index contributed by atoms with van der Waals surface area (Å²) in [5.41, 5.74) is 0. The Bertz CT molecular complexity index is 326. The van der Waals surface area contributed by atoms with E-state index in [4.69, 9.17) is 17.6 Å². The molecule has 0 radical (unpaired) electrons. The molecule has 0 aromatic heterocycles. The number of aliphatic hydroxyl groups excluding tert-OH is 1. The van der Waals surface area contributed by atoms with Gasteiger partial charge in [0.1, 0.15) is 0 Å². The molecule has 0 unspecified atom stereocenters. The molecule has 1 rings (SSSR count). The van der Waals surface area contributed by atoms with Crippen molar-refractivity contribution < 1.29 is 14.6 Å². The summed E-state index contributed by atoms with van der Waals surface area (Å²) in [6.45, 7) is 0.172. The summed E-state index contributed by atoms with van der Waals surface area (Å²) in [6, 6.07) is -0.422. The van der Waals surface area contributed by atoms with Crippen molar-refractivity contribution in [2.24, 2.45) is 0 Å². The second kappa shape index (κ2) is 4.84. The molecule has 0 bridgehead atoms. The molecule has 1 amide bonds. The second-order valence-electron chi connectivity index (χ2n) is 3.29. The molecule has 0 spiro atoms. The topological polar surface area (TPSA) is 49.8 Å². The summed E-state index contributed by atoms with van der Waals surface area (Å²) in [4.78, 5) is 12.8. The number of nitrogens with zero attached hydrogens (tertiary/aromatic N) is 1. The molecule has 1 fully saturated rings. The number of hydrogen-bond donors (Lipinski definition) is 1. The number of carbonyl (C=O) groups is 1. The quantitative estimate of drug-likeness (QED) is 0.486. The predicted octanol–water partition coefficient (Wildman–Crippen LogP) is -0.770. The standard InChI is InChI=1S/C11H13NO3/c1-4-6-8(13)9-10(15-3)11(14)12(9)7-5-2/h1-2,8-10,13H,6-7H2,3H3/t8-,9-,10+/m0/s1. The monoisotopic (exact) mass is 207 g/mol. The van der Waals surface area contributed by atoms with Crippen LogP contribution in [0.15, 0.2) is 0 Å². The van der Waals surface area contributed by atoms with E-state index in [1.807, 2.05) is 0 Å². The molecule has 3 atom stereocenters. The lowest BCUT2D eigenvalue weighted by atomic mass is 9.91. The van der Waals surface area contributed by atoms with Crippen LogP contribution in [0, 0.1) is 24.7 Å². The van der Waals surface area contributed by atoms with E-state index in [2.05, 4.69) is 11.8 Å². The van der Waals surface area contributed by atoms with Crippen molar-refractivity contribution >= 4 is 5.91 Å². The summed E-state index contributed by atoms with van der Waals surface area (Å²) in [7, 11) is 1.42. The van der Waals surface area contributed by atoms with Gasteiger partial charge in [0.25, 0.3) is 5.91 Å². The van der Waals surface area contributed by atoms with E-state index in [9.17, 15) is 9.90 Å². The lowest BCUT2D eigenvalue weighted by Gasteiger charge is -2.47. The van der Waals surface area contributed by atoms with E-state index in [0.29, 0.717) is 0 Å². The van der Waals surface area contributed by atoms with E-state index in [1.54, 1.807) is 0 Å². The first kappa shape index (κ1) is 11.6. The molecule has 80 valence electrons. The van der Waals surface area contributed by atoms with E-state index in [1.165, 1.54) is 12.0 Å². The first-order chi connectivity index (χ1) is 7.17. The summed E-state index contributed by atoms with van der Waals surface area (Å²) < 4.78 is 4.97. The average Bonchev–Trinajstić information content (AvgIpc) is 2.22. The zero-order valence-electron chi connectivity index (χ0n) is 8.51. The van der Waals surface area contributed by atoms with Crippen molar-refractivity contribution in [2.45, 2.75) is 24.7 Å². The minimum atomic E-state index is -0.786. The summed E-state index contributed by atoms with van der Waals surface area (Å²) in [5, 5.41) is 9.70.